The van der Waals surface area contributed by atoms with Crippen molar-refractivity contribution >= 4 is 49.6 Å². The molecule has 1 aromatic heterocycles. The number of halogens is 1. The Bertz CT molecular complexity index is 1290. The molecule has 6 nitrogen and oxygen atoms in total. The highest BCUT2D eigenvalue weighted by molar-refractivity contribution is 7.91. The third kappa shape index (κ3) is 3.64. The van der Waals surface area contributed by atoms with Gasteiger partial charge in [-0.2, -0.15) is 5.10 Å². The minimum Gasteiger partial charge on any atom is -0.382 e. The third-order valence-corrected chi connectivity index (χ3v) is 7.32. The summed E-state index contributed by atoms with van der Waals surface area (Å²) in [7, 11) is -3.74. The number of hydrogen-bond acceptors (Lipinski definition) is 5. The minimum absolute atomic E-state index is 0. The highest BCUT2D eigenvalue weighted by Gasteiger charge is 2.25. The number of nitrogens with zero attached hydrogens (tertiary/aromatic N) is 1. The van der Waals surface area contributed by atoms with Crippen LogP contribution in [0.1, 0.15) is 12.8 Å². The summed E-state index contributed by atoms with van der Waals surface area (Å²) in [5.74, 6) is 0. The minimum atomic E-state index is -3.74. The first kappa shape index (κ1) is 20.7. The average Bonchev–Trinajstić information content (AvgIpc) is 3.18. The maximum Gasteiger partial charge on any atom is 0.224 e. The van der Waals surface area contributed by atoms with E-state index < -0.39 is 9.84 Å². The third-order valence-electron chi connectivity index (χ3n) is 5.54. The van der Waals surface area contributed by atoms with E-state index in [1.54, 1.807) is 12.1 Å². The zero-order chi connectivity index (χ0) is 19.8. The fraction of sp³-hybridized carbons (Fsp3) is 0.227. The summed E-state index contributed by atoms with van der Waals surface area (Å²) in [5, 5.41) is 16.3. The van der Waals surface area contributed by atoms with Gasteiger partial charge in [-0.15, -0.1) is 12.4 Å². The van der Waals surface area contributed by atoms with Crippen molar-refractivity contribution in [3.05, 3.63) is 60.7 Å². The molecule has 3 aromatic carbocycles. The molecule has 3 N–H and O–H groups in total. The molecule has 2 heterocycles. The second-order valence-corrected chi connectivity index (χ2v) is 9.29. The highest BCUT2D eigenvalue weighted by Crippen LogP contribution is 2.32. The number of sulfone groups is 1. The standard InChI is InChI=1S/C22H22N4O2S.ClH/c27-29(28,21-7-3-5-15-4-1-2-6-18(15)21)22-19-9-8-17(14-20(19)25-26-22)24-16-10-12-23-13-11-16;/h1-9,14,16,23-24H,10-13H2,(H,25,26);1H. The Morgan fingerprint density at radius 1 is 0.933 bits per heavy atom. The van der Waals surface area contributed by atoms with Crippen LogP contribution < -0.4 is 10.6 Å². The van der Waals surface area contributed by atoms with Gasteiger partial charge in [0, 0.05) is 22.5 Å². The van der Waals surface area contributed by atoms with E-state index in [0.717, 1.165) is 37.0 Å². The van der Waals surface area contributed by atoms with Gasteiger partial charge in [0.1, 0.15) is 0 Å². The molecule has 4 aromatic rings. The first-order valence-electron chi connectivity index (χ1n) is 9.81. The van der Waals surface area contributed by atoms with Crippen molar-refractivity contribution in [1.29, 1.82) is 0 Å². The highest BCUT2D eigenvalue weighted by atomic mass is 35.5. The molecule has 1 aliphatic rings. The lowest BCUT2D eigenvalue weighted by Gasteiger charge is -2.24. The molecule has 0 bridgehead atoms. The van der Waals surface area contributed by atoms with Gasteiger partial charge in [0.25, 0.3) is 0 Å². The predicted molar refractivity (Wildman–Crippen MR) is 122 cm³/mol. The Morgan fingerprint density at radius 3 is 2.53 bits per heavy atom. The van der Waals surface area contributed by atoms with Crippen molar-refractivity contribution in [2.75, 3.05) is 18.4 Å². The molecule has 0 unspecified atom stereocenters. The monoisotopic (exact) mass is 442 g/mol. The van der Waals surface area contributed by atoms with Gasteiger partial charge >= 0.3 is 0 Å². The van der Waals surface area contributed by atoms with E-state index >= 15 is 0 Å². The van der Waals surface area contributed by atoms with E-state index in [1.807, 2.05) is 48.5 Å². The van der Waals surface area contributed by atoms with Crippen LogP contribution in [0.4, 0.5) is 5.69 Å². The molecular weight excluding hydrogens is 420 g/mol. The number of benzene rings is 3. The zero-order valence-corrected chi connectivity index (χ0v) is 17.9. The Balaban J connectivity index is 0.00000218. The quantitative estimate of drug-likeness (QED) is 0.442. The van der Waals surface area contributed by atoms with Crippen LogP contribution in [-0.2, 0) is 9.84 Å². The number of nitrogens with one attached hydrogen (secondary N) is 3. The van der Waals surface area contributed by atoms with Crippen molar-refractivity contribution in [2.24, 2.45) is 0 Å². The Kier molecular flexibility index (Phi) is 5.69. The summed E-state index contributed by atoms with van der Waals surface area (Å²) in [4.78, 5) is 0.290. The summed E-state index contributed by atoms with van der Waals surface area (Å²) in [6.45, 7) is 2.02. The van der Waals surface area contributed by atoms with E-state index in [2.05, 4.69) is 20.8 Å². The molecule has 1 aliphatic heterocycles. The van der Waals surface area contributed by atoms with Gasteiger partial charge in [0.2, 0.25) is 9.84 Å². The van der Waals surface area contributed by atoms with E-state index in [0.29, 0.717) is 22.3 Å². The smallest absolute Gasteiger partial charge is 0.224 e. The number of H-pyrrole nitrogens is 1. The molecule has 5 rings (SSSR count). The van der Waals surface area contributed by atoms with Crippen molar-refractivity contribution in [1.82, 2.24) is 15.5 Å². The van der Waals surface area contributed by atoms with Gasteiger partial charge in [-0.1, -0.05) is 36.4 Å². The van der Waals surface area contributed by atoms with Crippen molar-refractivity contribution < 1.29 is 8.42 Å². The normalized spacial score (nSPS) is 15.2. The molecular formula is C22H23ClN4O2S. The second kappa shape index (κ2) is 8.26. The summed E-state index contributed by atoms with van der Waals surface area (Å²) in [5.41, 5.74) is 1.60. The first-order valence-corrected chi connectivity index (χ1v) is 11.3. The lowest BCUT2D eigenvalue weighted by atomic mass is 10.1. The van der Waals surface area contributed by atoms with Crippen molar-refractivity contribution in [3.8, 4) is 0 Å². The van der Waals surface area contributed by atoms with Crippen molar-refractivity contribution in [2.45, 2.75) is 28.8 Å². The summed E-state index contributed by atoms with van der Waals surface area (Å²) in [6.07, 6.45) is 2.14. The van der Waals surface area contributed by atoms with Gasteiger partial charge in [-0.3, -0.25) is 5.10 Å². The number of rotatable bonds is 4. The fourth-order valence-corrected chi connectivity index (χ4v) is 5.60. The lowest BCUT2D eigenvalue weighted by Crippen LogP contribution is -2.35. The van der Waals surface area contributed by atoms with Gasteiger partial charge < -0.3 is 10.6 Å². The van der Waals surface area contributed by atoms with Crippen LogP contribution in [0.15, 0.2) is 70.6 Å². The van der Waals surface area contributed by atoms with Crippen LogP contribution in [-0.4, -0.2) is 37.7 Å². The van der Waals surface area contributed by atoms with Crippen LogP contribution in [0.2, 0.25) is 0 Å². The number of fused-ring (bicyclic) bond motifs is 2. The molecule has 0 aliphatic carbocycles. The lowest BCUT2D eigenvalue weighted by molar-refractivity contribution is 0.479. The van der Waals surface area contributed by atoms with Crippen LogP contribution in [0.25, 0.3) is 21.7 Å². The van der Waals surface area contributed by atoms with Gasteiger partial charge in [-0.25, -0.2) is 8.42 Å². The molecule has 156 valence electrons. The molecule has 30 heavy (non-hydrogen) atoms. The van der Waals surface area contributed by atoms with Gasteiger partial charge in [0.15, 0.2) is 5.03 Å². The number of aromatic amines is 1. The van der Waals surface area contributed by atoms with E-state index in [4.69, 9.17) is 0 Å². The maximum atomic E-state index is 13.4. The van der Waals surface area contributed by atoms with Crippen LogP contribution in [0.5, 0.6) is 0 Å². The molecule has 1 fully saturated rings. The molecule has 0 radical (unpaired) electrons. The molecule has 0 spiro atoms. The fourth-order valence-electron chi connectivity index (χ4n) is 4.02. The Labute approximate surface area is 181 Å². The molecule has 8 heteroatoms. The van der Waals surface area contributed by atoms with Gasteiger partial charge in [0.05, 0.1) is 10.4 Å². The van der Waals surface area contributed by atoms with E-state index in [1.165, 1.54) is 0 Å². The largest absolute Gasteiger partial charge is 0.382 e. The van der Waals surface area contributed by atoms with Crippen LogP contribution in [0, 0.1) is 0 Å². The molecule has 0 atom stereocenters. The van der Waals surface area contributed by atoms with Crippen LogP contribution >= 0.6 is 12.4 Å². The summed E-state index contributed by atoms with van der Waals surface area (Å²) in [6, 6.07) is 18.9. The maximum absolute atomic E-state index is 13.4. The topological polar surface area (TPSA) is 86.9 Å². The van der Waals surface area contributed by atoms with Crippen molar-refractivity contribution in [3.63, 3.8) is 0 Å². The Morgan fingerprint density at radius 2 is 1.70 bits per heavy atom. The number of anilines is 1. The molecule has 1 saturated heterocycles. The van der Waals surface area contributed by atoms with Crippen LogP contribution in [0.3, 0.4) is 0 Å². The predicted octanol–water partition coefficient (Wildman–Crippen LogP) is 4.13. The molecule has 0 saturated carbocycles. The van der Waals surface area contributed by atoms with E-state index in [9.17, 15) is 8.42 Å². The number of aromatic nitrogens is 2. The SMILES string of the molecule is Cl.O=S(=O)(c1cccc2ccccc12)c1[nH]nc2cc(NC3CCNCC3)ccc12. The number of piperidine rings is 1. The first-order chi connectivity index (χ1) is 14.1. The summed E-state index contributed by atoms with van der Waals surface area (Å²) >= 11 is 0. The second-order valence-electron chi connectivity index (χ2n) is 7.43. The Hall–Kier alpha value is -2.61. The van der Waals surface area contributed by atoms with Gasteiger partial charge in [-0.05, 0) is 55.6 Å². The zero-order valence-electron chi connectivity index (χ0n) is 16.3. The van der Waals surface area contributed by atoms with E-state index in [-0.39, 0.29) is 22.3 Å². The number of hydrogen-bond donors (Lipinski definition) is 3. The average molecular weight is 443 g/mol. The molecule has 0 amide bonds. The summed E-state index contributed by atoms with van der Waals surface area (Å²) < 4.78 is 26.9.